The number of hydrogen-bond donors (Lipinski definition) is 2. The van der Waals surface area contributed by atoms with Crippen LogP contribution in [0.25, 0.3) is 0 Å². The maximum Gasteiger partial charge on any atom is 0.137 e. The van der Waals surface area contributed by atoms with Crippen molar-refractivity contribution in [2.75, 3.05) is 0 Å². The van der Waals surface area contributed by atoms with Crippen LogP contribution in [0, 0.1) is 0 Å². The van der Waals surface area contributed by atoms with Crippen molar-refractivity contribution in [3.63, 3.8) is 0 Å². The van der Waals surface area contributed by atoms with E-state index in [9.17, 15) is 4.79 Å². The Morgan fingerprint density at radius 1 is 0.905 bits per heavy atom. The van der Waals surface area contributed by atoms with Crippen molar-refractivity contribution in [2.45, 2.75) is 30.8 Å². The SMILES string of the molecule is NC(Cc1ccccc1)CC(c1ccccc1)C(N)C=O. The van der Waals surface area contributed by atoms with Crippen molar-refractivity contribution in [1.29, 1.82) is 0 Å². The van der Waals surface area contributed by atoms with E-state index in [1.807, 2.05) is 48.5 Å². The van der Waals surface area contributed by atoms with E-state index in [0.29, 0.717) is 6.42 Å². The summed E-state index contributed by atoms with van der Waals surface area (Å²) in [7, 11) is 0. The van der Waals surface area contributed by atoms with Crippen LogP contribution in [0.2, 0.25) is 0 Å². The van der Waals surface area contributed by atoms with E-state index in [2.05, 4.69) is 12.1 Å². The van der Waals surface area contributed by atoms with Gasteiger partial charge in [0.15, 0.2) is 0 Å². The van der Waals surface area contributed by atoms with E-state index in [-0.39, 0.29) is 12.0 Å². The van der Waals surface area contributed by atoms with Crippen molar-refractivity contribution in [2.24, 2.45) is 11.5 Å². The zero-order valence-corrected chi connectivity index (χ0v) is 12.1. The van der Waals surface area contributed by atoms with Crippen LogP contribution in [-0.2, 0) is 11.2 Å². The lowest BCUT2D eigenvalue weighted by atomic mass is 9.85. The predicted octanol–water partition coefficient (Wildman–Crippen LogP) is 2.26. The molecule has 3 heteroatoms. The molecule has 0 bridgehead atoms. The molecule has 0 radical (unpaired) electrons. The van der Waals surface area contributed by atoms with Gasteiger partial charge in [0.05, 0.1) is 6.04 Å². The van der Waals surface area contributed by atoms with Gasteiger partial charge < -0.3 is 16.3 Å². The highest BCUT2D eigenvalue weighted by atomic mass is 16.1. The van der Waals surface area contributed by atoms with Gasteiger partial charge in [0.1, 0.15) is 6.29 Å². The van der Waals surface area contributed by atoms with Gasteiger partial charge in [-0.15, -0.1) is 0 Å². The summed E-state index contributed by atoms with van der Waals surface area (Å²) in [5.41, 5.74) is 14.5. The molecule has 0 spiro atoms. The molecule has 0 aromatic heterocycles. The molecule has 3 unspecified atom stereocenters. The highest BCUT2D eigenvalue weighted by Crippen LogP contribution is 2.24. The maximum absolute atomic E-state index is 11.1. The molecule has 2 aromatic carbocycles. The van der Waals surface area contributed by atoms with Crippen molar-refractivity contribution in [3.05, 3.63) is 71.8 Å². The molecule has 2 rings (SSSR count). The summed E-state index contributed by atoms with van der Waals surface area (Å²) in [5, 5.41) is 0. The third-order valence-electron chi connectivity index (χ3n) is 3.75. The van der Waals surface area contributed by atoms with Crippen LogP contribution in [-0.4, -0.2) is 18.4 Å². The monoisotopic (exact) mass is 282 g/mol. The van der Waals surface area contributed by atoms with E-state index < -0.39 is 6.04 Å². The molecule has 0 aliphatic rings. The lowest BCUT2D eigenvalue weighted by molar-refractivity contribution is -0.109. The second-order valence-corrected chi connectivity index (χ2v) is 5.42. The summed E-state index contributed by atoms with van der Waals surface area (Å²) in [6.45, 7) is 0. The lowest BCUT2D eigenvalue weighted by Gasteiger charge is -2.24. The number of hydrogen-bond acceptors (Lipinski definition) is 3. The van der Waals surface area contributed by atoms with Gasteiger partial charge in [-0.05, 0) is 24.0 Å². The number of aldehydes is 1. The van der Waals surface area contributed by atoms with E-state index in [0.717, 1.165) is 18.3 Å². The largest absolute Gasteiger partial charge is 0.327 e. The predicted molar refractivity (Wildman–Crippen MR) is 86.0 cm³/mol. The Balaban J connectivity index is 2.06. The van der Waals surface area contributed by atoms with Crippen LogP contribution in [0.3, 0.4) is 0 Å². The molecule has 4 N–H and O–H groups in total. The Hall–Kier alpha value is -1.97. The van der Waals surface area contributed by atoms with Gasteiger partial charge in [-0.2, -0.15) is 0 Å². The molecule has 0 amide bonds. The molecular formula is C18H22N2O. The number of nitrogens with two attached hydrogens (primary N) is 2. The second-order valence-electron chi connectivity index (χ2n) is 5.42. The Kier molecular flexibility index (Phi) is 5.67. The average molecular weight is 282 g/mol. The molecule has 0 fully saturated rings. The highest BCUT2D eigenvalue weighted by Gasteiger charge is 2.22. The van der Waals surface area contributed by atoms with Gasteiger partial charge in [-0.1, -0.05) is 60.7 Å². The Labute approximate surface area is 126 Å². The van der Waals surface area contributed by atoms with E-state index in [4.69, 9.17) is 11.5 Å². The molecule has 0 saturated carbocycles. The molecule has 0 aliphatic heterocycles. The molecule has 2 aromatic rings. The standard InChI is InChI=1S/C18H22N2O/c19-16(11-14-7-3-1-4-8-14)12-17(18(20)13-21)15-9-5-2-6-10-15/h1-10,13,16-18H,11-12,19-20H2. The Bertz CT molecular complexity index is 542. The second kappa shape index (κ2) is 7.72. The molecule has 3 atom stereocenters. The smallest absolute Gasteiger partial charge is 0.137 e. The Morgan fingerprint density at radius 3 is 2.05 bits per heavy atom. The van der Waals surface area contributed by atoms with E-state index >= 15 is 0 Å². The fraction of sp³-hybridized carbons (Fsp3) is 0.278. The van der Waals surface area contributed by atoms with Crippen LogP contribution in [0.1, 0.15) is 23.5 Å². The van der Waals surface area contributed by atoms with Crippen LogP contribution >= 0.6 is 0 Å². The third kappa shape index (κ3) is 4.52. The van der Waals surface area contributed by atoms with Crippen molar-refractivity contribution >= 4 is 6.29 Å². The van der Waals surface area contributed by atoms with Crippen molar-refractivity contribution < 1.29 is 4.79 Å². The molecule has 110 valence electrons. The normalized spacial score (nSPS) is 15.1. The maximum atomic E-state index is 11.1. The van der Waals surface area contributed by atoms with Crippen molar-refractivity contribution in [1.82, 2.24) is 0 Å². The summed E-state index contributed by atoms with van der Waals surface area (Å²) < 4.78 is 0. The first-order valence-electron chi connectivity index (χ1n) is 7.26. The van der Waals surface area contributed by atoms with Gasteiger partial charge in [0.25, 0.3) is 0 Å². The number of carbonyl (C=O) groups excluding carboxylic acids is 1. The van der Waals surface area contributed by atoms with Gasteiger partial charge in [-0.25, -0.2) is 0 Å². The number of benzene rings is 2. The Morgan fingerprint density at radius 2 is 1.48 bits per heavy atom. The fourth-order valence-electron chi connectivity index (χ4n) is 2.64. The topological polar surface area (TPSA) is 69.1 Å². The summed E-state index contributed by atoms with van der Waals surface area (Å²) in [6.07, 6.45) is 2.29. The highest BCUT2D eigenvalue weighted by molar-refractivity contribution is 5.59. The summed E-state index contributed by atoms with van der Waals surface area (Å²) >= 11 is 0. The first-order chi connectivity index (χ1) is 10.2. The number of carbonyl (C=O) groups is 1. The molecule has 3 nitrogen and oxygen atoms in total. The van der Waals surface area contributed by atoms with Gasteiger partial charge in [0.2, 0.25) is 0 Å². The van der Waals surface area contributed by atoms with Gasteiger partial charge >= 0.3 is 0 Å². The number of rotatable bonds is 7. The van der Waals surface area contributed by atoms with E-state index in [1.165, 1.54) is 5.56 Å². The minimum Gasteiger partial charge on any atom is -0.327 e. The summed E-state index contributed by atoms with van der Waals surface area (Å²) in [5.74, 6) is -0.0394. The summed E-state index contributed by atoms with van der Waals surface area (Å²) in [4.78, 5) is 11.1. The zero-order valence-electron chi connectivity index (χ0n) is 12.1. The fourth-order valence-corrected chi connectivity index (χ4v) is 2.64. The van der Waals surface area contributed by atoms with Gasteiger partial charge in [0, 0.05) is 12.0 Å². The summed E-state index contributed by atoms with van der Waals surface area (Å²) in [6, 6.07) is 19.5. The first-order valence-corrected chi connectivity index (χ1v) is 7.26. The molecule has 0 aliphatic carbocycles. The quantitative estimate of drug-likeness (QED) is 0.765. The minimum absolute atomic E-state index is 0.0244. The average Bonchev–Trinajstić information content (AvgIpc) is 2.53. The minimum atomic E-state index is -0.519. The van der Waals surface area contributed by atoms with Crippen LogP contribution < -0.4 is 11.5 Å². The molecule has 21 heavy (non-hydrogen) atoms. The molecule has 0 saturated heterocycles. The van der Waals surface area contributed by atoms with Crippen LogP contribution in [0.5, 0.6) is 0 Å². The zero-order chi connectivity index (χ0) is 15.1. The lowest BCUT2D eigenvalue weighted by Crippen LogP contribution is -2.35. The molecule has 0 heterocycles. The third-order valence-corrected chi connectivity index (χ3v) is 3.75. The van der Waals surface area contributed by atoms with E-state index in [1.54, 1.807) is 0 Å². The van der Waals surface area contributed by atoms with Crippen molar-refractivity contribution in [3.8, 4) is 0 Å². The first kappa shape index (κ1) is 15.4. The molecular weight excluding hydrogens is 260 g/mol. The van der Waals surface area contributed by atoms with Crippen LogP contribution in [0.15, 0.2) is 60.7 Å². The van der Waals surface area contributed by atoms with Crippen LogP contribution in [0.4, 0.5) is 0 Å². The van der Waals surface area contributed by atoms with Gasteiger partial charge in [-0.3, -0.25) is 0 Å².